The Bertz CT molecular complexity index is 394. The lowest BCUT2D eigenvalue weighted by molar-refractivity contribution is -0.142. The average molecular weight is 457 g/mol. The van der Waals surface area contributed by atoms with Crippen molar-refractivity contribution < 1.29 is 9.90 Å². The van der Waals surface area contributed by atoms with Crippen LogP contribution in [0.5, 0.6) is 0 Å². The summed E-state index contributed by atoms with van der Waals surface area (Å²) in [6, 6.07) is 0. The van der Waals surface area contributed by atoms with Gasteiger partial charge in [0, 0.05) is 5.88 Å². The molecule has 2 nitrogen and oxygen atoms in total. The van der Waals surface area contributed by atoms with Crippen molar-refractivity contribution in [2.24, 2.45) is 5.92 Å². The summed E-state index contributed by atoms with van der Waals surface area (Å²) in [6.45, 7) is 2.27. The molecule has 184 valence electrons. The monoisotopic (exact) mass is 456 g/mol. The molecule has 1 atom stereocenters. The maximum absolute atomic E-state index is 11.4. The largest absolute Gasteiger partial charge is 0.481 e. The molecule has 0 radical (unpaired) electrons. The van der Waals surface area contributed by atoms with Crippen molar-refractivity contribution in [1.29, 1.82) is 0 Å². The average Bonchev–Trinajstić information content (AvgIpc) is 2.76. The topological polar surface area (TPSA) is 37.3 Å². The summed E-state index contributed by atoms with van der Waals surface area (Å²) in [7, 11) is 0. The van der Waals surface area contributed by atoms with Gasteiger partial charge < -0.3 is 5.11 Å². The third kappa shape index (κ3) is 24.0. The quantitative estimate of drug-likeness (QED) is 0.0842. The van der Waals surface area contributed by atoms with Crippen molar-refractivity contribution in [1.82, 2.24) is 0 Å². The molecule has 0 aromatic carbocycles. The van der Waals surface area contributed by atoms with Gasteiger partial charge in [-0.05, 0) is 44.9 Å². The van der Waals surface area contributed by atoms with E-state index in [1.54, 1.807) is 0 Å². The normalized spacial score (nSPS) is 12.6. The summed E-state index contributed by atoms with van der Waals surface area (Å²) in [5, 5.41) is 9.39. The van der Waals surface area contributed by atoms with Crippen LogP contribution in [0.15, 0.2) is 12.2 Å². The van der Waals surface area contributed by atoms with E-state index >= 15 is 0 Å². The lowest BCUT2D eigenvalue weighted by atomic mass is 9.94. The highest BCUT2D eigenvalue weighted by Crippen LogP contribution is 2.19. The molecule has 0 saturated heterocycles. The zero-order valence-corrected chi connectivity index (χ0v) is 21.5. The van der Waals surface area contributed by atoms with Crippen LogP contribution in [0.3, 0.4) is 0 Å². The van der Waals surface area contributed by atoms with Crippen LogP contribution in [-0.4, -0.2) is 17.0 Å². The molecule has 0 aliphatic rings. The number of carboxylic acids is 1. The standard InChI is InChI=1S/C28H53ClO2/c1-2-3-4-5-6-7-8-9-10-11-12-13-14-15-16-17-18-21-24-27(28(30)31)25-22-19-20-23-26-29/h9-10,27H,2-8,11-26H2,1H3,(H,30,31)/b10-9-. The van der Waals surface area contributed by atoms with E-state index in [4.69, 9.17) is 11.6 Å². The van der Waals surface area contributed by atoms with Crippen molar-refractivity contribution in [3.8, 4) is 0 Å². The maximum atomic E-state index is 11.4. The number of carboxylic acid groups (broad SMARTS) is 1. The summed E-state index contributed by atoms with van der Waals surface area (Å²) in [6.07, 6.45) is 31.9. The number of rotatable bonds is 25. The fraction of sp³-hybridized carbons (Fsp3) is 0.893. The van der Waals surface area contributed by atoms with Crippen LogP contribution in [-0.2, 0) is 4.79 Å². The first-order chi connectivity index (χ1) is 15.2. The molecule has 0 aromatic heterocycles. The predicted molar refractivity (Wildman–Crippen MR) is 138 cm³/mol. The molecular weight excluding hydrogens is 404 g/mol. The summed E-state index contributed by atoms with van der Waals surface area (Å²) in [4.78, 5) is 11.4. The highest BCUT2D eigenvalue weighted by Gasteiger charge is 2.16. The second-order valence-electron chi connectivity index (χ2n) is 9.36. The summed E-state index contributed by atoms with van der Waals surface area (Å²) in [5.74, 6) is -0.0119. The molecule has 0 aliphatic carbocycles. The molecule has 0 rings (SSSR count). The van der Waals surface area contributed by atoms with E-state index in [2.05, 4.69) is 19.1 Å². The van der Waals surface area contributed by atoms with E-state index in [9.17, 15) is 9.90 Å². The minimum Gasteiger partial charge on any atom is -0.481 e. The lowest BCUT2D eigenvalue weighted by Gasteiger charge is -2.12. The molecule has 1 N–H and O–H groups in total. The number of unbranched alkanes of at least 4 members (excludes halogenated alkanes) is 17. The van der Waals surface area contributed by atoms with Crippen LogP contribution in [0, 0.1) is 5.92 Å². The molecule has 0 amide bonds. The van der Waals surface area contributed by atoms with Gasteiger partial charge in [-0.2, -0.15) is 0 Å². The molecule has 31 heavy (non-hydrogen) atoms. The Morgan fingerprint density at radius 2 is 1.03 bits per heavy atom. The number of hydrogen-bond acceptors (Lipinski definition) is 1. The SMILES string of the molecule is CCCCCCCC/C=C\CCCCCCCCCCC(CCCCCCCl)C(=O)O. The van der Waals surface area contributed by atoms with E-state index in [0.717, 1.165) is 50.8 Å². The first-order valence-corrected chi connectivity index (χ1v) is 14.2. The third-order valence-corrected chi connectivity index (χ3v) is 6.62. The Morgan fingerprint density at radius 3 is 1.45 bits per heavy atom. The van der Waals surface area contributed by atoms with Crippen LogP contribution in [0.25, 0.3) is 0 Å². The second kappa shape index (κ2) is 25.8. The first kappa shape index (κ1) is 30.5. The van der Waals surface area contributed by atoms with Crippen molar-refractivity contribution >= 4 is 17.6 Å². The zero-order chi connectivity index (χ0) is 22.8. The van der Waals surface area contributed by atoms with Crippen molar-refractivity contribution in [2.75, 3.05) is 5.88 Å². The smallest absolute Gasteiger partial charge is 0.306 e. The predicted octanol–water partition coefficient (Wildman–Crippen LogP) is 10.1. The van der Waals surface area contributed by atoms with Crippen LogP contribution in [0.2, 0.25) is 0 Å². The van der Waals surface area contributed by atoms with Crippen molar-refractivity contribution in [2.45, 2.75) is 148 Å². The van der Waals surface area contributed by atoms with E-state index in [-0.39, 0.29) is 5.92 Å². The van der Waals surface area contributed by atoms with Gasteiger partial charge in [-0.25, -0.2) is 0 Å². The number of allylic oxidation sites excluding steroid dienone is 2. The Labute approximate surface area is 199 Å². The minimum absolute atomic E-state index is 0.134. The van der Waals surface area contributed by atoms with E-state index in [1.165, 1.54) is 96.3 Å². The molecule has 0 spiro atoms. The van der Waals surface area contributed by atoms with Gasteiger partial charge in [0.05, 0.1) is 5.92 Å². The van der Waals surface area contributed by atoms with Crippen LogP contribution in [0.4, 0.5) is 0 Å². The summed E-state index contributed by atoms with van der Waals surface area (Å²) >= 11 is 5.69. The van der Waals surface area contributed by atoms with E-state index in [0.29, 0.717) is 0 Å². The molecular formula is C28H53ClO2. The summed E-state index contributed by atoms with van der Waals surface area (Å²) < 4.78 is 0. The van der Waals surface area contributed by atoms with Gasteiger partial charge in [0.15, 0.2) is 0 Å². The number of halogens is 1. The Kier molecular flexibility index (Phi) is 25.3. The van der Waals surface area contributed by atoms with Gasteiger partial charge in [-0.3, -0.25) is 4.79 Å². The third-order valence-electron chi connectivity index (χ3n) is 6.35. The van der Waals surface area contributed by atoms with Gasteiger partial charge in [-0.15, -0.1) is 11.6 Å². The highest BCUT2D eigenvalue weighted by atomic mass is 35.5. The van der Waals surface area contributed by atoms with Gasteiger partial charge in [0.1, 0.15) is 0 Å². The van der Waals surface area contributed by atoms with Crippen LogP contribution < -0.4 is 0 Å². The lowest BCUT2D eigenvalue weighted by Crippen LogP contribution is -2.13. The highest BCUT2D eigenvalue weighted by molar-refractivity contribution is 6.17. The van der Waals surface area contributed by atoms with Gasteiger partial charge in [-0.1, -0.05) is 115 Å². The number of hydrogen-bond donors (Lipinski definition) is 1. The maximum Gasteiger partial charge on any atom is 0.306 e. The molecule has 0 bridgehead atoms. The number of aliphatic carboxylic acids is 1. The molecule has 3 heteroatoms. The fourth-order valence-electron chi connectivity index (χ4n) is 4.22. The van der Waals surface area contributed by atoms with E-state index < -0.39 is 5.97 Å². The van der Waals surface area contributed by atoms with Crippen LogP contribution in [0.1, 0.15) is 148 Å². The molecule has 1 unspecified atom stereocenters. The fourth-order valence-corrected chi connectivity index (χ4v) is 4.41. The van der Waals surface area contributed by atoms with Gasteiger partial charge >= 0.3 is 5.97 Å². The van der Waals surface area contributed by atoms with Gasteiger partial charge in [0.25, 0.3) is 0 Å². The molecule has 0 heterocycles. The molecule has 0 fully saturated rings. The van der Waals surface area contributed by atoms with Crippen LogP contribution >= 0.6 is 11.6 Å². The van der Waals surface area contributed by atoms with Gasteiger partial charge in [0.2, 0.25) is 0 Å². The number of carbonyl (C=O) groups is 1. The Hall–Kier alpha value is -0.500. The zero-order valence-electron chi connectivity index (χ0n) is 20.7. The van der Waals surface area contributed by atoms with Crippen molar-refractivity contribution in [3.05, 3.63) is 12.2 Å². The molecule has 0 saturated carbocycles. The first-order valence-electron chi connectivity index (χ1n) is 13.7. The van der Waals surface area contributed by atoms with E-state index in [1.807, 2.05) is 0 Å². The summed E-state index contributed by atoms with van der Waals surface area (Å²) in [5.41, 5.74) is 0. The Balaban J connectivity index is 3.37. The Morgan fingerprint density at radius 1 is 0.645 bits per heavy atom. The molecule has 0 aromatic rings. The van der Waals surface area contributed by atoms with Crippen molar-refractivity contribution in [3.63, 3.8) is 0 Å². The minimum atomic E-state index is -0.599. The molecule has 0 aliphatic heterocycles. The second-order valence-corrected chi connectivity index (χ2v) is 9.74. The number of alkyl halides is 1.